The van der Waals surface area contributed by atoms with Gasteiger partial charge in [0.1, 0.15) is 6.04 Å². The number of piperazine rings is 1. The summed E-state index contributed by atoms with van der Waals surface area (Å²) < 4.78 is 29.3. The molecule has 0 bridgehead atoms. The Balaban J connectivity index is 1.51. The Morgan fingerprint density at radius 3 is 2.24 bits per heavy atom. The normalized spacial score (nSPS) is 19.1. The average Bonchev–Trinajstić information content (AvgIpc) is 3.40. The fourth-order valence-electron chi connectivity index (χ4n) is 4.69. The molecular weight excluding hydrogens is 605 g/mol. The van der Waals surface area contributed by atoms with Crippen LogP contribution in [0.3, 0.4) is 0 Å². The smallest absolute Gasteiger partial charge is 0.243 e. The van der Waals surface area contributed by atoms with Crippen molar-refractivity contribution in [3.05, 3.63) is 57.7 Å². The standard InChI is InChI=1S/C26H34IN5O4S/c1-29(2)22-9-5-20(6-10-22)17-28-26(34)24-18-31(25(33)19-30-13-3-4-14-30)15-16-32(24)37(35,36)23-11-7-21(27)8-12-23/h5-12,24H,3-4,13-19H2,1-2H3,(H,28,34)/t24-/m1/s1. The van der Waals surface area contributed by atoms with Gasteiger partial charge in [-0.15, -0.1) is 0 Å². The van der Waals surface area contributed by atoms with Gasteiger partial charge < -0.3 is 15.1 Å². The fourth-order valence-corrected chi connectivity index (χ4v) is 6.62. The Morgan fingerprint density at radius 1 is 0.973 bits per heavy atom. The number of halogens is 1. The molecule has 11 heteroatoms. The number of likely N-dealkylation sites (tertiary alicyclic amines) is 1. The number of sulfonamides is 1. The van der Waals surface area contributed by atoms with Gasteiger partial charge in [-0.25, -0.2) is 8.42 Å². The van der Waals surface area contributed by atoms with E-state index in [9.17, 15) is 18.0 Å². The monoisotopic (exact) mass is 639 g/mol. The van der Waals surface area contributed by atoms with Crippen LogP contribution < -0.4 is 10.2 Å². The minimum absolute atomic E-state index is 0.0294. The number of hydrogen-bond donors (Lipinski definition) is 1. The summed E-state index contributed by atoms with van der Waals surface area (Å²) >= 11 is 2.12. The van der Waals surface area contributed by atoms with Crippen LogP contribution in [0.1, 0.15) is 18.4 Å². The second-order valence-electron chi connectivity index (χ2n) is 9.69. The van der Waals surface area contributed by atoms with Crippen molar-refractivity contribution in [2.45, 2.75) is 30.3 Å². The molecule has 37 heavy (non-hydrogen) atoms. The molecule has 2 heterocycles. The zero-order valence-corrected chi connectivity index (χ0v) is 24.2. The van der Waals surface area contributed by atoms with Crippen molar-refractivity contribution in [1.29, 1.82) is 0 Å². The highest BCUT2D eigenvalue weighted by atomic mass is 127. The minimum Gasteiger partial charge on any atom is -0.378 e. The first-order valence-corrected chi connectivity index (χ1v) is 15.0. The van der Waals surface area contributed by atoms with E-state index in [-0.39, 0.29) is 37.0 Å². The summed E-state index contributed by atoms with van der Waals surface area (Å²) in [6.45, 7) is 2.70. The van der Waals surface area contributed by atoms with Gasteiger partial charge in [0.2, 0.25) is 21.8 Å². The maximum atomic E-state index is 13.6. The molecule has 200 valence electrons. The molecule has 2 aliphatic rings. The number of carbonyl (C=O) groups is 2. The number of amides is 2. The summed E-state index contributed by atoms with van der Waals surface area (Å²) in [6.07, 6.45) is 2.16. The Morgan fingerprint density at radius 2 is 1.62 bits per heavy atom. The van der Waals surface area contributed by atoms with Gasteiger partial charge in [0.05, 0.1) is 11.4 Å². The Bertz CT molecular complexity index is 1200. The van der Waals surface area contributed by atoms with Crippen molar-refractivity contribution in [2.75, 3.05) is 58.3 Å². The first kappa shape index (κ1) is 27.8. The van der Waals surface area contributed by atoms with E-state index in [1.54, 1.807) is 29.2 Å². The molecule has 9 nitrogen and oxygen atoms in total. The molecular formula is C26H34IN5O4S. The molecule has 2 aliphatic heterocycles. The van der Waals surface area contributed by atoms with Crippen LogP contribution >= 0.6 is 22.6 Å². The van der Waals surface area contributed by atoms with Gasteiger partial charge in [-0.05, 0) is 90.5 Å². The molecule has 2 saturated heterocycles. The molecule has 2 aromatic carbocycles. The second kappa shape index (κ2) is 12.1. The van der Waals surface area contributed by atoms with Gasteiger partial charge in [-0.1, -0.05) is 12.1 Å². The van der Waals surface area contributed by atoms with E-state index in [2.05, 4.69) is 32.8 Å². The van der Waals surface area contributed by atoms with Crippen molar-refractivity contribution >= 4 is 50.1 Å². The van der Waals surface area contributed by atoms with Gasteiger partial charge in [-0.2, -0.15) is 4.31 Å². The number of hydrogen-bond acceptors (Lipinski definition) is 6. The quantitative estimate of drug-likeness (QED) is 0.445. The highest BCUT2D eigenvalue weighted by molar-refractivity contribution is 14.1. The van der Waals surface area contributed by atoms with Crippen LogP contribution in [-0.4, -0.2) is 93.7 Å². The minimum atomic E-state index is -3.93. The molecule has 1 N–H and O–H groups in total. The molecule has 2 aromatic rings. The third kappa shape index (κ3) is 6.81. The summed E-state index contributed by atoms with van der Waals surface area (Å²) in [6, 6.07) is 13.4. The predicted octanol–water partition coefficient (Wildman–Crippen LogP) is 1.97. The van der Waals surface area contributed by atoms with Crippen molar-refractivity contribution in [1.82, 2.24) is 19.4 Å². The number of benzene rings is 2. The van der Waals surface area contributed by atoms with E-state index in [0.717, 1.165) is 40.8 Å². The lowest BCUT2D eigenvalue weighted by atomic mass is 10.1. The molecule has 0 spiro atoms. The molecule has 2 fully saturated rings. The summed E-state index contributed by atoms with van der Waals surface area (Å²) in [5.74, 6) is -0.477. The van der Waals surface area contributed by atoms with Gasteiger partial charge in [0, 0.05) is 49.5 Å². The van der Waals surface area contributed by atoms with E-state index < -0.39 is 22.0 Å². The van der Waals surface area contributed by atoms with Crippen molar-refractivity contribution in [3.8, 4) is 0 Å². The molecule has 0 aromatic heterocycles. The Kier molecular flexibility index (Phi) is 9.09. The molecule has 0 radical (unpaired) electrons. The highest BCUT2D eigenvalue weighted by Crippen LogP contribution is 2.23. The zero-order chi connectivity index (χ0) is 26.6. The van der Waals surface area contributed by atoms with Crippen molar-refractivity contribution in [3.63, 3.8) is 0 Å². The van der Waals surface area contributed by atoms with E-state index in [1.165, 1.54) is 4.31 Å². The van der Waals surface area contributed by atoms with Gasteiger partial charge in [0.15, 0.2) is 0 Å². The van der Waals surface area contributed by atoms with Crippen molar-refractivity contribution in [2.24, 2.45) is 0 Å². The lowest BCUT2D eigenvalue weighted by molar-refractivity contribution is -0.137. The maximum Gasteiger partial charge on any atom is 0.243 e. The number of anilines is 1. The average molecular weight is 640 g/mol. The summed E-state index contributed by atoms with van der Waals surface area (Å²) in [4.78, 5) is 32.3. The molecule has 1 atom stereocenters. The predicted molar refractivity (Wildman–Crippen MR) is 152 cm³/mol. The SMILES string of the molecule is CN(C)c1ccc(CNC(=O)[C@H]2CN(C(=O)CN3CCCC3)CCN2S(=O)(=O)c2ccc(I)cc2)cc1. The van der Waals surface area contributed by atoms with E-state index in [1.807, 2.05) is 43.3 Å². The fraction of sp³-hybridized carbons (Fsp3) is 0.462. The molecule has 0 aliphatic carbocycles. The van der Waals surface area contributed by atoms with Gasteiger partial charge >= 0.3 is 0 Å². The topological polar surface area (TPSA) is 93.3 Å². The lowest BCUT2D eigenvalue weighted by Gasteiger charge is -2.40. The molecule has 2 amide bonds. The maximum absolute atomic E-state index is 13.6. The summed E-state index contributed by atoms with van der Waals surface area (Å²) in [5.41, 5.74) is 1.95. The van der Waals surface area contributed by atoms with Crippen LogP contribution in [-0.2, 0) is 26.2 Å². The van der Waals surface area contributed by atoms with E-state index in [0.29, 0.717) is 6.54 Å². The van der Waals surface area contributed by atoms with E-state index in [4.69, 9.17) is 0 Å². The third-order valence-electron chi connectivity index (χ3n) is 6.88. The number of rotatable bonds is 8. The summed E-state index contributed by atoms with van der Waals surface area (Å²) in [5, 5.41) is 2.90. The molecule has 0 saturated carbocycles. The molecule has 0 unspecified atom stereocenters. The Hall–Kier alpha value is -2.22. The second-order valence-corrected chi connectivity index (χ2v) is 12.8. The van der Waals surface area contributed by atoms with Crippen LogP contribution in [0.15, 0.2) is 53.4 Å². The first-order chi connectivity index (χ1) is 17.6. The van der Waals surface area contributed by atoms with Gasteiger partial charge in [0.25, 0.3) is 0 Å². The zero-order valence-electron chi connectivity index (χ0n) is 21.3. The van der Waals surface area contributed by atoms with Gasteiger partial charge in [-0.3, -0.25) is 14.5 Å². The lowest BCUT2D eigenvalue weighted by Crippen LogP contribution is -2.62. The number of nitrogens with one attached hydrogen (secondary N) is 1. The molecule has 4 rings (SSSR count). The Labute approximate surface area is 233 Å². The van der Waals surface area contributed by atoms with Crippen LogP contribution in [0.25, 0.3) is 0 Å². The van der Waals surface area contributed by atoms with Crippen LogP contribution in [0.4, 0.5) is 5.69 Å². The largest absolute Gasteiger partial charge is 0.378 e. The highest BCUT2D eigenvalue weighted by Gasteiger charge is 2.41. The van der Waals surface area contributed by atoms with Crippen LogP contribution in [0.5, 0.6) is 0 Å². The number of carbonyl (C=O) groups excluding carboxylic acids is 2. The number of nitrogens with zero attached hydrogens (tertiary/aromatic N) is 4. The van der Waals surface area contributed by atoms with E-state index >= 15 is 0 Å². The summed E-state index contributed by atoms with van der Waals surface area (Å²) in [7, 11) is -0.0121. The van der Waals surface area contributed by atoms with Crippen molar-refractivity contribution < 1.29 is 18.0 Å². The van der Waals surface area contributed by atoms with Crippen LogP contribution in [0.2, 0.25) is 0 Å². The third-order valence-corrected chi connectivity index (χ3v) is 9.53. The van der Waals surface area contributed by atoms with Crippen LogP contribution in [0, 0.1) is 3.57 Å². The first-order valence-electron chi connectivity index (χ1n) is 12.5.